The molecule has 0 atom stereocenters. The second-order valence-electron chi connectivity index (χ2n) is 3.66. The van der Waals surface area contributed by atoms with Crippen molar-refractivity contribution >= 4 is 18.3 Å². The molecule has 0 aromatic heterocycles. The second-order valence-corrected chi connectivity index (χ2v) is 3.66. The predicted octanol–water partition coefficient (Wildman–Crippen LogP) is -0.0884. The van der Waals surface area contributed by atoms with Crippen molar-refractivity contribution in [1.29, 1.82) is 15.8 Å². The Kier molecular flexibility index (Phi) is 4.68. The van der Waals surface area contributed by atoms with Gasteiger partial charge in [-0.1, -0.05) is 11.6 Å². The maximum atomic E-state index is 9.17. The van der Waals surface area contributed by atoms with Crippen LogP contribution in [0.15, 0.2) is 29.5 Å². The van der Waals surface area contributed by atoms with Gasteiger partial charge in [-0.05, 0) is 24.5 Å². The number of rotatable bonds is 3. The van der Waals surface area contributed by atoms with E-state index >= 15 is 0 Å². The van der Waals surface area contributed by atoms with Crippen molar-refractivity contribution < 1.29 is 10.0 Å². The third kappa shape index (κ3) is 3.34. The molecule has 0 aliphatic carbocycles. The standard InChI is InChI=1S/C12H9BN4O2/c1-8-2-3-10(4-11(8)13(18)19)17-12(7-16)9(5-14)6-15/h2-4,17-19H,1H3. The van der Waals surface area contributed by atoms with Crippen LogP contribution in [0.25, 0.3) is 0 Å². The Labute approximate surface area is 110 Å². The molecule has 1 aromatic rings. The van der Waals surface area contributed by atoms with E-state index in [4.69, 9.17) is 25.8 Å². The highest BCUT2D eigenvalue weighted by atomic mass is 16.4. The third-order valence-electron chi connectivity index (χ3n) is 2.41. The summed E-state index contributed by atoms with van der Waals surface area (Å²) in [5, 5.41) is 47.2. The molecule has 0 aliphatic heterocycles. The molecule has 0 bridgehead atoms. The van der Waals surface area contributed by atoms with Gasteiger partial charge in [0, 0.05) is 5.69 Å². The molecule has 7 heteroatoms. The zero-order valence-corrected chi connectivity index (χ0v) is 10.0. The number of benzene rings is 1. The van der Waals surface area contributed by atoms with Crippen LogP contribution in [0.2, 0.25) is 0 Å². The molecule has 0 amide bonds. The molecule has 19 heavy (non-hydrogen) atoms. The highest BCUT2D eigenvalue weighted by molar-refractivity contribution is 6.59. The van der Waals surface area contributed by atoms with Crippen LogP contribution in [-0.2, 0) is 0 Å². The first kappa shape index (κ1) is 14.3. The number of hydrogen-bond donors (Lipinski definition) is 3. The summed E-state index contributed by atoms with van der Waals surface area (Å²) in [6.45, 7) is 1.70. The number of allylic oxidation sites excluding steroid dienone is 2. The number of nitrogens with one attached hydrogen (secondary N) is 1. The normalized spacial score (nSPS) is 8.63. The minimum atomic E-state index is -1.64. The SMILES string of the molecule is Cc1ccc(NC(C#N)=C(C#N)C#N)cc1B(O)O. The molecule has 0 saturated heterocycles. The Morgan fingerprint density at radius 1 is 1.16 bits per heavy atom. The van der Waals surface area contributed by atoms with Crippen LogP contribution in [0.3, 0.4) is 0 Å². The van der Waals surface area contributed by atoms with Crippen LogP contribution in [0, 0.1) is 40.9 Å². The van der Waals surface area contributed by atoms with E-state index in [1.807, 2.05) is 0 Å². The molecule has 0 saturated carbocycles. The molecular weight excluding hydrogens is 243 g/mol. The summed E-state index contributed by atoms with van der Waals surface area (Å²) in [5.74, 6) is 0. The Bertz CT molecular complexity index is 631. The van der Waals surface area contributed by atoms with Gasteiger partial charge in [0.1, 0.15) is 23.9 Å². The minimum absolute atomic E-state index is 0.188. The number of anilines is 1. The lowest BCUT2D eigenvalue weighted by atomic mass is 9.77. The maximum Gasteiger partial charge on any atom is 0.488 e. The van der Waals surface area contributed by atoms with E-state index in [0.717, 1.165) is 0 Å². The summed E-state index contributed by atoms with van der Waals surface area (Å²) in [5.41, 5.74) is 0.802. The summed E-state index contributed by atoms with van der Waals surface area (Å²) < 4.78 is 0. The Hall–Kier alpha value is -2.79. The molecule has 0 heterocycles. The van der Waals surface area contributed by atoms with E-state index < -0.39 is 7.12 Å². The van der Waals surface area contributed by atoms with Gasteiger partial charge in [0.05, 0.1) is 0 Å². The molecule has 1 rings (SSSR count). The van der Waals surface area contributed by atoms with E-state index in [1.54, 1.807) is 37.3 Å². The van der Waals surface area contributed by atoms with E-state index in [-0.39, 0.29) is 16.7 Å². The highest BCUT2D eigenvalue weighted by Gasteiger charge is 2.15. The van der Waals surface area contributed by atoms with Gasteiger partial charge in [-0.3, -0.25) is 0 Å². The minimum Gasteiger partial charge on any atom is -0.423 e. The third-order valence-corrected chi connectivity index (χ3v) is 2.41. The van der Waals surface area contributed by atoms with Gasteiger partial charge >= 0.3 is 7.12 Å². The smallest absolute Gasteiger partial charge is 0.423 e. The number of nitrogens with zero attached hydrogens (tertiary/aromatic N) is 3. The van der Waals surface area contributed by atoms with Crippen molar-refractivity contribution in [2.75, 3.05) is 5.32 Å². The summed E-state index contributed by atoms with van der Waals surface area (Å²) in [6, 6.07) is 9.59. The van der Waals surface area contributed by atoms with Crippen LogP contribution in [0.1, 0.15) is 5.56 Å². The van der Waals surface area contributed by atoms with Crippen molar-refractivity contribution in [3.8, 4) is 18.2 Å². The number of nitriles is 3. The summed E-state index contributed by atoms with van der Waals surface area (Å²) in [7, 11) is -1.64. The lowest BCUT2D eigenvalue weighted by Crippen LogP contribution is -2.32. The molecule has 0 spiro atoms. The fraction of sp³-hybridized carbons (Fsp3) is 0.0833. The lowest BCUT2D eigenvalue weighted by molar-refractivity contribution is 0.425. The Morgan fingerprint density at radius 3 is 2.26 bits per heavy atom. The van der Waals surface area contributed by atoms with E-state index in [2.05, 4.69) is 5.32 Å². The van der Waals surface area contributed by atoms with E-state index in [1.165, 1.54) is 6.07 Å². The summed E-state index contributed by atoms with van der Waals surface area (Å²) in [4.78, 5) is 0. The summed E-state index contributed by atoms with van der Waals surface area (Å²) >= 11 is 0. The van der Waals surface area contributed by atoms with Crippen LogP contribution in [0.5, 0.6) is 0 Å². The van der Waals surface area contributed by atoms with E-state index in [9.17, 15) is 0 Å². The second kappa shape index (κ2) is 6.23. The topological polar surface area (TPSA) is 124 Å². The molecule has 0 radical (unpaired) electrons. The van der Waals surface area contributed by atoms with Gasteiger partial charge in [0.2, 0.25) is 0 Å². The van der Waals surface area contributed by atoms with Crippen LogP contribution in [-0.4, -0.2) is 17.2 Å². The fourth-order valence-corrected chi connectivity index (χ4v) is 1.42. The predicted molar refractivity (Wildman–Crippen MR) is 68.5 cm³/mol. The Morgan fingerprint density at radius 2 is 1.79 bits per heavy atom. The largest absolute Gasteiger partial charge is 0.488 e. The molecule has 6 nitrogen and oxygen atoms in total. The van der Waals surface area contributed by atoms with Crippen LogP contribution < -0.4 is 10.8 Å². The average Bonchev–Trinajstić information content (AvgIpc) is 2.40. The van der Waals surface area contributed by atoms with E-state index in [0.29, 0.717) is 11.3 Å². The molecular formula is C12H9BN4O2. The van der Waals surface area contributed by atoms with Crippen molar-refractivity contribution in [1.82, 2.24) is 0 Å². The first-order valence-electron chi connectivity index (χ1n) is 5.21. The number of hydrogen-bond acceptors (Lipinski definition) is 6. The van der Waals surface area contributed by atoms with Gasteiger partial charge < -0.3 is 15.4 Å². The van der Waals surface area contributed by atoms with Gasteiger partial charge in [-0.15, -0.1) is 0 Å². The molecule has 1 aromatic carbocycles. The van der Waals surface area contributed by atoms with Gasteiger partial charge in [0.25, 0.3) is 0 Å². The number of aryl methyl sites for hydroxylation is 1. The zero-order valence-electron chi connectivity index (χ0n) is 10.0. The maximum absolute atomic E-state index is 9.17. The first-order valence-corrected chi connectivity index (χ1v) is 5.21. The van der Waals surface area contributed by atoms with Gasteiger partial charge in [-0.25, -0.2) is 0 Å². The molecule has 3 N–H and O–H groups in total. The monoisotopic (exact) mass is 252 g/mol. The van der Waals surface area contributed by atoms with Crippen molar-refractivity contribution in [3.05, 3.63) is 35.0 Å². The summed E-state index contributed by atoms with van der Waals surface area (Å²) in [6.07, 6.45) is 0. The van der Waals surface area contributed by atoms with Crippen LogP contribution >= 0.6 is 0 Å². The quantitative estimate of drug-likeness (QED) is 0.510. The van der Waals surface area contributed by atoms with Crippen molar-refractivity contribution in [2.45, 2.75) is 6.92 Å². The molecule has 92 valence electrons. The van der Waals surface area contributed by atoms with Crippen LogP contribution in [0.4, 0.5) is 5.69 Å². The lowest BCUT2D eigenvalue weighted by Gasteiger charge is -2.09. The molecule has 0 unspecified atom stereocenters. The fourth-order valence-electron chi connectivity index (χ4n) is 1.42. The van der Waals surface area contributed by atoms with Crippen molar-refractivity contribution in [2.24, 2.45) is 0 Å². The highest BCUT2D eigenvalue weighted by Crippen LogP contribution is 2.12. The zero-order chi connectivity index (χ0) is 14.4. The van der Waals surface area contributed by atoms with Gasteiger partial charge in [-0.2, -0.15) is 15.8 Å². The molecule has 0 fully saturated rings. The van der Waals surface area contributed by atoms with Crippen molar-refractivity contribution in [3.63, 3.8) is 0 Å². The first-order chi connectivity index (χ1) is 9.03. The van der Waals surface area contributed by atoms with Gasteiger partial charge in [0.15, 0.2) is 5.57 Å². The molecule has 0 aliphatic rings. The Balaban J connectivity index is 3.19. The average molecular weight is 252 g/mol.